The minimum Gasteiger partial charge on any atom is -0.444 e. The molecule has 0 radical (unpaired) electrons. The van der Waals surface area contributed by atoms with Crippen molar-refractivity contribution in [3.05, 3.63) is 35.4 Å². The SMILES string of the molecule is CC(C)(C)OC(=O)NC(CN1CC2C[C@H]1C(=O)N2Cc1cc(F)cc(F)c1)C(=O)N1C(C#N)C[C@@H]2C[C@@H]21. The Morgan fingerprint density at radius 3 is 2.51 bits per heavy atom. The van der Waals surface area contributed by atoms with E-state index in [-0.39, 0.29) is 37.0 Å². The zero-order chi connectivity index (χ0) is 26.6. The van der Waals surface area contributed by atoms with Gasteiger partial charge in [-0.2, -0.15) is 5.26 Å². The summed E-state index contributed by atoms with van der Waals surface area (Å²) in [5.74, 6) is -1.59. The van der Waals surface area contributed by atoms with E-state index in [1.54, 1.807) is 30.6 Å². The number of fused-ring (bicyclic) bond motifs is 3. The Bertz CT molecular complexity index is 1140. The molecule has 1 aliphatic carbocycles. The van der Waals surface area contributed by atoms with E-state index in [0.717, 1.165) is 12.5 Å². The molecule has 5 rings (SSSR count). The standard InChI is InChI=1S/C26H31F2N5O4/c1-26(2,3)37-25(36)30-20(23(34)33-18(10-29)6-15-7-21(15)33)13-31-12-19-9-22(31)24(35)32(19)11-14-4-16(27)8-17(28)5-14/h4-5,8,15,18-22H,6-7,9,11-13H2,1-3H3,(H,30,36)/t15-,18?,19?,20?,21+,22+/m1/s1. The van der Waals surface area contributed by atoms with Crippen LogP contribution in [0.5, 0.6) is 0 Å². The number of carbonyl (C=O) groups excluding carboxylic acids is 3. The first-order valence-corrected chi connectivity index (χ1v) is 12.6. The number of hydrogen-bond acceptors (Lipinski definition) is 6. The van der Waals surface area contributed by atoms with E-state index in [4.69, 9.17) is 4.74 Å². The second-order valence-corrected chi connectivity index (χ2v) is 11.5. The number of alkyl carbamates (subject to hydrolysis) is 1. The highest BCUT2D eigenvalue weighted by molar-refractivity contribution is 5.88. The number of nitrogens with zero attached hydrogens (tertiary/aromatic N) is 4. The van der Waals surface area contributed by atoms with Crippen LogP contribution in [0.25, 0.3) is 0 Å². The van der Waals surface area contributed by atoms with E-state index in [1.807, 2.05) is 4.90 Å². The summed E-state index contributed by atoms with van der Waals surface area (Å²) in [5.41, 5.74) is -0.387. The predicted molar refractivity (Wildman–Crippen MR) is 127 cm³/mol. The van der Waals surface area contributed by atoms with Crippen molar-refractivity contribution in [1.29, 1.82) is 5.26 Å². The zero-order valence-corrected chi connectivity index (χ0v) is 21.1. The Balaban J connectivity index is 1.29. The molecule has 3 aliphatic heterocycles. The Morgan fingerprint density at radius 2 is 1.89 bits per heavy atom. The van der Waals surface area contributed by atoms with Crippen molar-refractivity contribution < 1.29 is 27.9 Å². The first kappa shape index (κ1) is 25.4. The van der Waals surface area contributed by atoms with Crippen LogP contribution >= 0.6 is 0 Å². The number of piperidine rings is 1. The average molecular weight is 516 g/mol. The number of piperazine rings is 1. The summed E-state index contributed by atoms with van der Waals surface area (Å²) in [6.45, 7) is 5.83. The molecule has 1 aromatic rings. The summed E-state index contributed by atoms with van der Waals surface area (Å²) in [7, 11) is 0. The van der Waals surface area contributed by atoms with Crippen LogP contribution in [0.15, 0.2) is 18.2 Å². The van der Waals surface area contributed by atoms with Gasteiger partial charge < -0.3 is 19.9 Å². The highest BCUT2D eigenvalue weighted by atomic mass is 19.1. The monoisotopic (exact) mass is 515 g/mol. The van der Waals surface area contributed by atoms with Crippen LogP contribution in [0, 0.1) is 28.9 Å². The molecule has 0 aromatic heterocycles. The number of halogens is 2. The molecule has 6 atom stereocenters. The first-order chi connectivity index (χ1) is 17.4. The number of likely N-dealkylation sites (tertiary alicyclic amines) is 3. The molecule has 198 valence electrons. The number of amides is 3. The van der Waals surface area contributed by atoms with Gasteiger partial charge in [0, 0.05) is 37.8 Å². The molecule has 4 fully saturated rings. The molecule has 3 amide bonds. The number of ether oxygens (including phenoxy) is 1. The summed E-state index contributed by atoms with van der Waals surface area (Å²) < 4.78 is 32.7. The molecule has 37 heavy (non-hydrogen) atoms. The number of rotatable bonds is 6. The maximum Gasteiger partial charge on any atom is 0.408 e. The van der Waals surface area contributed by atoms with Crippen molar-refractivity contribution in [2.45, 2.75) is 82.4 Å². The van der Waals surface area contributed by atoms with Gasteiger partial charge in [-0.25, -0.2) is 13.6 Å². The molecule has 9 nitrogen and oxygen atoms in total. The van der Waals surface area contributed by atoms with Crippen LogP contribution in [0.4, 0.5) is 13.6 Å². The van der Waals surface area contributed by atoms with Crippen LogP contribution in [-0.4, -0.2) is 81.5 Å². The van der Waals surface area contributed by atoms with Gasteiger partial charge in [-0.05, 0) is 63.6 Å². The lowest BCUT2D eigenvalue weighted by Crippen LogP contribution is -2.59. The molecule has 3 unspecified atom stereocenters. The van der Waals surface area contributed by atoms with Gasteiger partial charge in [-0.1, -0.05) is 0 Å². The van der Waals surface area contributed by atoms with Gasteiger partial charge in [0.15, 0.2) is 0 Å². The lowest BCUT2D eigenvalue weighted by Gasteiger charge is -2.36. The number of carbonyl (C=O) groups is 3. The normalized spacial score (nSPS) is 29.2. The van der Waals surface area contributed by atoms with Crippen molar-refractivity contribution in [2.75, 3.05) is 13.1 Å². The van der Waals surface area contributed by atoms with Gasteiger partial charge in [-0.15, -0.1) is 0 Å². The second kappa shape index (κ2) is 9.24. The van der Waals surface area contributed by atoms with Crippen molar-refractivity contribution in [3.8, 4) is 6.07 Å². The molecule has 3 heterocycles. The number of benzene rings is 1. The Labute approximate surface area is 214 Å². The van der Waals surface area contributed by atoms with Gasteiger partial charge >= 0.3 is 6.09 Å². The van der Waals surface area contributed by atoms with Gasteiger partial charge in [0.25, 0.3) is 0 Å². The van der Waals surface area contributed by atoms with Crippen LogP contribution in [0.2, 0.25) is 0 Å². The Morgan fingerprint density at radius 1 is 1.19 bits per heavy atom. The molecule has 1 saturated carbocycles. The topological polar surface area (TPSA) is 106 Å². The molecule has 4 aliphatic rings. The third-order valence-corrected chi connectivity index (χ3v) is 7.58. The fourth-order valence-electron chi connectivity index (χ4n) is 5.98. The first-order valence-electron chi connectivity index (χ1n) is 12.6. The van der Waals surface area contributed by atoms with E-state index in [2.05, 4.69) is 11.4 Å². The van der Waals surface area contributed by atoms with Crippen LogP contribution in [-0.2, 0) is 20.9 Å². The number of nitrogens with one attached hydrogen (secondary N) is 1. The molecular weight excluding hydrogens is 484 g/mol. The molecule has 2 bridgehead atoms. The van der Waals surface area contributed by atoms with Crippen molar-refractivity contribution in [1.82, 2.24) is 20.0 Å². The Hall–Kier alpha value is -3.26. The third-order valence-electron chi connectivity index (χ3n) is 7.58. The third kappa shape index (κ3) is 5.12. The molecule has 3 saturated heterocycles. The van der Waals surface area contributed by atoms with E-state index in [0.29, 0.717) is 30.9 Å². The number of hydrogen-bond donors (Lipinski definition) is 1. The van der Waals surface area contributed by atoms with E-state index in [9.17, 15) is 28.4 Å². The van der Waals surface area contributed by atoms with E-state index < -0.39 is 41.5 Å². The molecule has 11 heteroatoms. The summed E-state index contributed by atoms with van der Waals surface area (Å²) in [5, 5.41) is 12.3. The molecular formula is C26H31F2N5O4. The fourth-order valence-corrected chi connectivity index (χ4v) is 5.98. The van der Waals surface area contributed by atoms with Crippen molar-refractivity contribution >= 4 is 17.9 Å². The second-order valence-electron chi connectivity index (χ2n) is 11.5. The minimum absolute atomic E-state index is 0.0129. The van der Waals surface area contributed by atoms with Crippen LogP contribution in [0.1, 0.15) is 45.6 Å². The zero-order valence-electron chi connectivity index (χ0n) is 21.1. The minimum atomic E-state index is -0.983. The smallest absolute Gasteiger partial charge is 0.408 e. The Kier molecular flexibility index (Phi) is 6.34. The summed E-state index contributed by atoms with van der Waals surface area (Å²) in [4.78, 5) is 44.5. The summed E-state index contributed by atoms with van der Waals surface area (Å²) in [6.07, 6.45) is 1.27. The maximum absolute atomic E-state index is 13.6. The largest absolute Gasteiger partial charge is 0.444 e. The molecule has 1 N–H and O–H groups in total. The highest BCUT2D eigenvalue weighted by Gasteiger charge is 2.56. The van der Waals surface area contributed by atoms with Gasteiger partial charge in [0.05, 0.1) is 12.1 Å². The molecule has 0 spiro atoms. The number of nitriles is 1. The van der Waals surface area contributed by atoms with Crippen LogP contribution in [0.3, 0.4) is 0 Å². The van der Waals surface area contributed by atoms with E-state index >= 15 is 0 Å². The predicted octanol–water partition coefficient (Wildman–Crippen LogP) is 2.16. The van der Waals surface area contributed by atoms with Gasteiger partial charge in [-0.3, -0.25) is 14.5 Å². The van der Waals surface area contributed by atoms with Gasteiger partial charge in [0.2, 0.25) is 11.8 Å². The average Bonchev–Trinajstić information content (AvgIpc) is 3.13. The lowest BCUT2D eigenvalue weighted by molar-refractivity contribution is -0.140. The highest BCUT2D eigenvalue weighted by Crippen LogP contribution is 2.48. The quantitative estimate of drug-likeness (QED) is 0.623. The van der Waals surface area contributed by atoms with Crippen molar-refractivity contribution in [3.63, 3.8) is 0 Å². The summed E-state index contributed by atoms with van der Waals surface area (Å²) in [6, 6.07) is 3.24. The van der Waals surface area contributed by atoms with E-state index in [1.165, 1.54) is 12.1 Å². The fraction of sp³-hybridized carbons (Fsp3) is 0.615. The summed E-state index contributed by atoms with van der Waals surface area (Å²) >= 11 is 0. The molecule has 1 aromatic carbocycles. The van der Waals surface area contributed by atoms with Crippen molar-refractivity contribution in [2.24, 2.45) is 5.92 Å². The van der Waals surface area contributed by atoms with Gasteiger partial charge in [0.1, 0.15) is 29.3 Å². The maximum atomic E-state index is 13.6. The van der Waals surface area contributed by atoms with Crippen LogP contribution < -0.4 is 5.32 Å². The lowest BCUT2D eigenvalue weighted by atomic mass is 10.1.